The Labute approximate surface area is 179 Å². The van der Waals surface area contributed by atoms with E-state index in [1.54, 1.807) is 0 Å². The SMILES string of the molecule is C/C=C(\NC(=O)[C@H](C)NC(=O)[C@@H]1CCCN1C(=O)/C(=C/C)NC(=O)C(=O)CC)C(=O)O. The number of hydrogen-bond donors (Lipinski definition) is 4. The number of nitrogens with one attached hydrogen (secondary N) is 3. The zero-order valence-electron chi connectivity index (χ0n) is 18.0. The van der Waals surface area contributed by atoms with Crippen molar-refractivity contribution in [2.75, 3.05) is 6.54 Å². The lowest BCUT2D eigenvalue weighted by atomic mass is 10.1. The summed E-state index contributed by atoms with van der Waals surface area (Å²) in [6.45, 7) is 6.13. The van der Waals surface area contributed by atoms with E-state index in [0.717, 1.165) is 0 Å². The van der Waals surface area contributed by atoms with Crippen LogP contribution in [0.5, 0.6) is 0 Å². The number of carbonyl (C=O) groups is 6. The highest BCUT2D eigenvalue weighted by Gasteiger charge is 2.36. The van der Waals surface area contributed by atoms with Crippen LogP contribution in [0, 0.1) is 0 Å². The van der Waals surface area contributed by atoms with Gasteiger partial charge in [-0.05, 0) is 33.6 Å². The number of nitrogens with zero attached hydrogens (tertiary/aromatic N) is 1. The number of hydrogen-bond acceptors (Lipinski definition) is 6. The molecule has 4 amide bonds. The molecule has 0 bridgehead atoms. The quantitative estimate of drug-likeness (QED) is 0.282. The van der Waals surface area contributed by atoms with Crippen molar-refractivity contribution < 1.29 is 33.9 Å². The number of amides is 4. The van der Waals surface area contributed by atoms with Crippen molar-refractivity contribution >= 4 is 35.4 Å². The van der Waals surface area contributed by atoms with Crippen LogP contribution in [0.15, 0.2) is 23.5 Å². The molecule has 2 atom stereocenters. The molecule has 0 spiro atoms. The fraction of sp³-hybridized carbons (Fsp3) is 0.500. The third kappa shape index (κ3) is 6.76. The molecule has 0 saturated carbocycles. The number of Topliss-reactive ketones (excluding diaryl/α,β-unsaturated/α-hetero) is 1. The molecular formula is C20H28N4O7. The highest BCUT2D eigenvalue weighted by atomic mass is 16.4. The fourth-order valence-corrected chi connectivity index (χ4v) is 2.90. The van der Waals surface area contributed by atoms with Crippen LogP contribution < -0.4 is 16.0 Å². The van der Waals surface area contributed by atoms with Crippen molar-refractivity contribution in [3.8, 4) is 0 Å². The Morgan fingerprint density at radius 3 is 2.19 bits per heavy atom. The lowest BCUT2D eigenvalue weighted by molar-refractivity contribution is -0.139. The summed E-state index contributed by atoms with van der Waals surface area (Å²) < 4.78 is 0. The van der Waals surface area contributed by atoms with E-state index in [1.807, 2.05) is 0 Å². The molecule has 0 unspecified atom stereocenters. The second kappa shape index (κ2) is 11.6. The summed E-state index contributed by atoms with van der Waals surface area (Å²) in [4.78, 5) is 73.2. The molecular weight excluding hydrogens is 408 g/mol. The van der Waals surface area contributed by atoms with E-state index in [1.165, 1.54) is 44.7 Å². The average Bonchev–Trinajstić information content (AvgIpc) is 3.23. The number of rotatable bonds is 9. The first-order valence-corrected chi connectivity index (χ1v) is 9.89. The van der Waals surface area contributed by atoms with Gasteiger partial charge < -0.3 is 26.0 Å². The second-order valence-corrected chi connectivity index (χ2v) is 6.82. The fourth-order valence-electron chi connectivity index (χ4n) is 2.90. The number of aliphatic carboxylic acids is 1. The highest BCUT2D eigenvalue weighted by Crippen LogP contribution is 2.19. The Balaban J connectivity index is 2.83. The van der Waals surface area contributed by atoms with E-state index < -0.39 is 47.5 Å². The maximum Gasteiger partial charge on any atom is 0.352 e. The highest BCUT2D eigenvalue weighted by molar-refractivity contribution is 6.37. The predicted octanol–water partition coefficient (Wildman–Crippen LogP) is -0.414. The van der Waals surface area contributed by atoms with Gasteiger partial charge in [0.15, 0.2) is 0 Å². The summed E-state index contributed by atoms with van der Waals surface area (Å²) in [6, 6.07) is -1.93. The molecule has 31 heavy (non-hydrogen) atoms. The lowest BCUT2D eigenvalue weighted by Gasteiger charge is -2.26. The molecule has 0 aromatic rings. The van der Waals surface area contributed by atoms with E-state index in [2.05, 4.69) is 16.0 Å². The van der Waals surface area contributed by atoms with Crippen LogP contribution >= 0.6 is 0 Å². The normalized spacial score (nSPS) is 17.5. The Morgan fingerprint density at radius 1 is 1.06 bits per heavy atom. The second-order valence-electron chi connectivity index (χ2n) is 6.82. The minimum atomic E-state index is -1.32. The Morgan fingerprint density at radius 2 is 1.68 bits per heavy atom. The zero-order chi connectivity index (χ0) is 23.7. The van der Waals surface area contributed by atoms with Gasteiger partial charge in [-0.25, -0.2) is 4.79 Å². The van der Waals surface area contributed by atoms with Gasteiger partial charge in [-0.3, -0.25) is 24.0 Å². The Kier molecular flexibility index (Phi) is 9.58. The van der Waals surface area contributed by atoms with Crippen LogP contribution in [-0.2, 0) is 28.8 Å². The molecule has 1 saturated heterocycles. The first-order chi connectivity index (χ1) is 14.6. The van der Waals surface area contributed by atoms with Crippen molar-refractivity contribution in [2.45, 2.75) is 59.0 Å². The van der Waals surface area contributed by atoms with E-state index in [4.69, 9.17) is 5.11 Å². The van der Waals surface area contributed by atoms with Crippen LogP contribution in [0.25, 0.3) is 0 Å². The number of ketones is 1. The first-order valence-electron chi connectivity index (χ1n) is 9.89. The van der Waals surface area contributed by atoms with Gasteiger partial charge in [-0.15, -0.1) is 0 Å². The van der Waals surface area contributed by atoms with Gasteiger partial charge in [-0.2, -0.15) is 0 Å². The van der Waals surface area contributed by atoms with Crippen molar-refractivity contribution in [2.24, 2.45) is 0 Å². The maximum absolute atomic E-state index is 12.8. The summed E-state index contributed by atoms with van der Waals surface area (Å²) >= 11 is 0. The minimum Gasteiger partial charge on any atom is -0.477 e. The van der Waals surface area contributed by atoms with Crippen LogP contribution in [0.4, 0.5) is 0 Å². The van der Waals surface area contributed by atoms with E-state index in [0.29, 0.717) is 12.8 Å². The van der Waals surface area contributed by atoms with Gasteiger partial charge >= 0.3 is 5.97 Å². The number of likely N-dealkylation sites (tertiary alicyclic amines) is 1. The first kappa shape index (κ1) is 25.5. The standard InChI is InChI=1S/C20H28N4O7/c1-5-12(22-18(28)15(25)7-3)19(29)24-10-8-9-14(24)17(27)21-11(4)16(26)23-13(6-2)20(30)31/h5-6,11,14H,7-10H2,1-4H3,(H,21,27)(H,22,28)(H,23,26)(H,30,31)/b12-5-,13-6-/t11-,14-/m0/s1. The maximum atomic E-state index is 12.8. The Bertz CT molecular complexity index is 831. The van der Waals surface area contributed by atoms with Crippen molar-refractivity contribution in [1.82, 2.24) is 20.9 Å². The molecule has 0 aromatic carbocycles. The molecule has 0 aromatic heterocycles. The molecule has 11 heteroatoms. The monoisotopic (exact) mass is 436 g/mol. The number of carboxylic acid groups (broad SMARTS) is 1. The molecule has 1 heterocycles. The van der Waals surface area contributed by atoms with E-state index >= 15 is 0 Å². The largest absolute Gasteiger partial charge is 0.477 e. The average molecular weight is 436 g/mol. The molecule has 1 aliphatic rings. The summed E-state index contributed by atoms with van der Waals surface area (Å²) in [5.41, 5.74) is -0.435. The van der Waals surface area contributed by atoms with Gasteiger partial charge in [0.05, 0.1) is 0 Å². The summed E-state index contributed by atoms with van der Waals surface area (Å²) in [6.07, 6.45) is 3.42. The smallest absolute Gasteiger partial charge is 0.352 e. The van der Waals surface area contributed by atoms with Crippen molar-refractivity contribution in [1.29, 1.82) is 0 Å². The minimum absolute atomic E-state index is 0.0114. The molecule has 1 aliphatic heterocycles. The van der Waals surface area contributed by atoms with Gasteiger partial charge in [0.2, 0.25) is 17.6 Å². The third-order valence-electron chi connectivity index (χ3n) is 4.69. The molecule has 0 radical (unpaired) electrons. The molecule has 1 rings (SSSR count). The van der Waals surface area contributed by atoms with Crippen molar-refractivity contribution in [3.05, 3.63) is 23.5 Å². The topological polar surface area (TPSA) is 162 Å². The molecule has 11 nitrogen and oxygen atoms in total. The van der Waals surface area contributed by atoms with Crippen LogP contribution in [0.1, 0.15) is 47.0 Å². The molecule has 4 N–H and O–H groups in total. The van der Waals surface area contributed by atoms with Gasteiger partial charge in [0, 0.05) is 13.0 Å². The van der Waals surface area contributed by atoms with Crippen LogP contribution in [0.2, 0.25) is 0 Å². The van der Waals surface area contributed by atoms with E-state index in [9.17, 15) is 28.8 Å². The lowest BCUT2D eigenvalue weighted by Crippen LogP contribution is -2.53. The van der Waals surface area contributed by atoms with Gasteiger partial charge in [0.25, 0.3) is 11.8 Å². The Hall–Kier alpha value is -3.50. The zero-order valence-corrected chi connectivity index (χ0v) is 18.0. The number of allylic oxidation sites excluding steroid dienone is 2. The summed E-state index contributed by atoms with van der Waals surface area (Å²) in [5, 5.41) is 15.9. The molecule has 170 valence electrons. The van der Waals surface area contributed by atoms with Crippen LogP contribution in [0.3, 0.4) is 0 Å². The van der Waals surface area contributed by atoms with Crippen LogP contribution in [-0.4, -0.2) is 64.0 Å². The van der Waals surface area contributed by atoms with Gasteiger partial charge in [0.1, 0.15) is 23.5 Å². The number of carboxylic acids is 1. The predicted molar refractivity (Wildman–Crippen MR) is 109 cm³/mol. The third-order valence-corrected chi connectivity index (χ3v) is 4.69. The summed E-state index contributed by atoms with van der Waals surface area (Å²) in [5.74, 6) is -4.82. The summed E-state index contributed by atoms with van der Waals surface area (Å²) in [7, 11) is 0. The van der Waals surface area contributed by atoms with E-state index in [-0.39, 0.29) is 24.4 Å². The number of carbonyl (C=O) groups excluding carboxylic acids is 5. The van der Waals surface area contributed by atoms with Gasteiger partial charge in [-0.1, -0.05) is 19.1 Å². The molecule has 1 fully saturated rings. The van der Waals surface area contributed by atoms with Crippen molar-refractivity contribution in [3.63, 3.8) is 0 Å². The molecule has 0 aliphatic carbocycles.